The molecule has 0 spiro atoms. The first kappa shape index (κ1) is 48.4. The maximum absolute atomic E-state index is 13.7. The third-order valence-electron chi connectivity index (χ3n) is 5.84. The molecule has 0 nitrogen and oxygen atoms in total. The minimum absolute atomic E-state index is 1.40. The average molecular weight is 946 g/mol. The van der Waals surface area contributed by atoms with E-state index in [-0.39, 0.29) is 0 Å². The summed E-state index contributed by atoms with van der Waals surface area (Å²) in [4.78, 5) is 0. The van der Waals surface area contributed by atoms with E-state index in [9.17, 15) is 145 Å². The molecule has 0 atom stereocenters. The van der Waals surface area contributed by atoms with Gasteiger partial charge in [0.05, 0.1) is 0 Å². The fourth-order valence-electron chi connectivity index (χ4n) is 2.72. The van der Waals surface area contributed by atoms with Crippen molar-refractivity contribution in [2.24, 2.45) is 0 Å². The van der Waals surface area contributed by atoms with Crippen molar-refractivity contribution in [1.29, 1.82) is 0 Å². The third-order valence-corrected chi connectivity index (χ3v) is 6.52. The van der Waals surface area contributed by atoms with Crippen LogP contribution in [0.5, 0.6) is 0 Å². The van der Waals surface area contributed by atoms with Gasteiger partial charge in [-0.15, -0.1) is 0 Å². The second-order valence-electron chi connectivity index (χ2n) is 9.04. The van der Waals surface area contributed by atoms with Crippen LogP contribution in [0.3, 0.4) is 0 Å². The van der Waals surface area contributed by atoms with Gasteiger partial charge in [0.25, 0.3) is 0 Å². The van der Waals surface area contributed by atoms with Crippen LogP contribution < -0.4 is 0 Å². The highest BCUT2D eigenvalue weighted by Gasteiger charge is 3.01. The third kappa shape index (κ3) is 5.38. The van der Waals surface area contributed by atoms with Crippen molar-refractivity contribution in [2.75, 3.05) is 0 Å². The highest BCUT2D eigenvalue weighted by atomic mass is 127. The van der Waals surface area contributed by atoms with Crippen LogP contribution in [-0.2, 0) is 0 Å². The monoisotopic (exact) mass is 946 g/mol. The van der Waals surface area contributed by atoms with Gasteiger partial charge in [-0.3, -0.25) is 0 Å². The molecule has 0 saturated heterocycles. The molecular weight excluding hydrogens is 946 g/mol. The van der Waals surface area contributed by atoms with Crippen LogP contribution in [0.2, 0.25) is 0 Å². The molecule has 0 fully saturated rings. The van der Waals surface area contributed by atoms with Gasteiger partial charge in [0.15, 0.2) is 0 Å². The van der Waals surface area contributed by atoms with Crippen molar-refractivity contribution < 1.29 is 145 Å². The van der Waals surface area contributed by atoms with Gasteiger partial charge >= 0.3 is 93.0 Å². The van der Waals surface area contributed by atoms with Gasteiger partial charge in [-0.25, -0.2) is 0 Å². The van der Waals surface area contributed by atoms with Gasteiger partial charge < -0.3 is 0 Å². The normalized spacial score (nSPS) is 17.4. The summed E-state index contributed by atoms with van der Waals surface area (Å²) in [6, 6.07) is 0. The number of rotatable bonds is 14. The quantitative estimate of drug-likeness (QED) is 0.0925. The van der Waals surface area contributed by atoms with Gasteiger partial charge in [0.1, 0.15) is 0 Å². The van der Waals surface area contributed by atoms with Gasteiger partial charge in [0.2, 0.25) is 0 Å². The van der Waals surface area contributed by atoms with E-state index < -0.39 is 116 Å². The van der Waals surface area contributed by atoms with Crippen LogP contribution in [0.1, 0.15) is 0 Å². The Morgan fingerprint density at radius 2 is 0.260 bits per heavy atom. The second-order valence-corrected chi connectivity index (χ2v) is 10.4. The predicted octanol–water partition coefficient (Wildman–Crippen LogP) is 11.5. The van der Waals surface area contributed by atoms with Gasteiger partial charge in [-0.1, -0.05) is 0 Å². The lowest BCUT2D eigenvalue weighted by Gasteiger charge is -2.46. The largest absolute Gasteiger partial charge is 0.460 e. The van der Waals surface area contributed by atoms with Gasteiger partial charge in [-0.05, 0) is 0 Å². The van der Waals surface area contributed by atoms with E-state index in [1.165, 1.54) is 0 Å². The van der Waals surface area contributed by atoms with E-state index in [0.29, 0.717) is 0 Å². The maximum atomic E-state index is 13.7. The van der Waals surface area contributed by atoms with Crippen molar-refractivity contribution in [3.8, 4) is 0 Å². The Morgan fingerprint density at radius 3 is 0.360 bits per heavy atom. The van der Waals surface area contributed by atoms with Crippen LogP contribution >= 0.6 is 22.6 Å². The molecule has 0 aliphatic heterocycles. The lowest BCUT2D eigenvalue weighted by molar-refractivity contribution is -0.490. The van der Waals surface area contributed by atoms with Crippen molar-refractivity contribution in [3.05, 3.63) is 0 Å². The first-order valence-electron chi connectivity index (χ1n) is 10.2. The van der Waals surface area contributed by atoms with E-state index in [0.717, 1.165) is 0 Å². The molecule has 50 heavy (non-hydrogen) atoms. The Balaban J connectivity index is 7.70. The summed E-state index contributed by atoms with van der Waals surface area (Å²) < 4.78 is 431. The summed E-state index contributed by atoms with van der Waals surface area (Å²) in [5.74, 6) is -135. The lowest BCUT2D eigenvalue weighted by atomic mass is 9.83. The van der Waals surface area contributed by atoms with Crippen molar-refractivity contribution in [1.82, 2.24) is 0 Å². The Morgan fingerprint density at radius 1 is 0.160 bits per heavy atom. The van der Waals surface area contributed by atoms with Crippen LogP contribution in [0.25, 0.3) is 0 Å². The van der Waals surface area contributed by atoms with Crippen molar-refractivity contribution in [3.63, 3.8) is 0 Å². The van der Waals surface area contributed by atoms with E-state index in [4.69, 9.17) is 0 Å². The standard InChI is InChI=1S/C16F33I/c17-1(18,3(21,22)5(25,26)7(29,30)9(33,34)11(37,38)13(41,42)15(45,46)47)2(19,20)4(23,24)6(27,28)8(31,32)10(35,36)12(39,40)14(43,44)16(48,49)50. The molecule has 0 N–H and O–H groups in total. The summed E-state index contributed by atoms with van der Waals surface area (Å²) in [6.45, 7) is 0. The molecule has 0 radical (unpaired) electrons. The van der Waals surface area contributed by atoms with Crippen LogP contribution in [0, 0.1) is 0 Å². The minimum Gasteiger partial charge on any atom is -0.192 e. The smallest absolute Gasteiger partial charge is 0.192 e. The van der Waals surface area contributed by atoms with Gasteiger partial charge in [0, 0.05) is 22.6 Å². The van der Waals surface area contributed by atoms with E-state index in [1.807, 2.05) is 0 Å². The summed E-state index contributed by atoms with van der Waals surface area (Å²) in [7, 11) is 0. The van der Waals surface area contributed by atoms with Crippen LogP contribution in [-0.4, -0.2) is 93.0 Å². The highest BCUT2D eigenvalue weighted by Crippen LogP contribution is 2.70. The second kappa shape index (κ2) is 11.5. The number of alkyl halides is 34. The molecule has 0 bridgehead atoms. The molecule has 34 heteroatoms. The summed E-state index contributed by atoms with van der Waals surface area (Å²) in [5, 5.41) is 0. The molecule has 302 valence electrons. The van der Waals surface area contributed by atoms with E-state index in [1.54, 1.807) is 0 Å². The SMILES string of the molecule is FC(F)(F)C(F)(F)C(F)(F)C(F)(F)C(F)(F)C(F)(F)C(F)(F)C(F)(F)C(F)(F)C(F)(F)C(F)(F)C(F)(F)C(F)(F)C(F)(F)C(F)(F)C(F)(F)I. The summed E-state index contributed by atoms with van der Waals surface area (Å²) in [6.07, 6.45) is -8.38. The molecule has 0 saturated carbocycles. The molecule has 0 aromatic carbocycles. The zero-order valence-electron chi connectivity index (χ0n) is 20.9. The Kier molecular flexibility index (Phi) is 11.1. The summed E-state index contributed by atoms with van der Waals surface area (Å²) >= 11 is -1.40. The van der Waals surface area contributed by atoms with Crippen molar-refractivity contribution >= 4 is 22.6 Å². The fraction of sp³-hybridized carbons (Fsp3) is 1.00. The maximum Gasteiger partial charge on any atom is 0.460 e. The lowest BCUT2D eigenvalue weighted by Crippen LogP contribution is -2.79. The molecule has 0 unspecified atom stereocenters. The topological polar surface area (TPSA) is 0 Å². The molecular formula is C16F33I. The number of halogens is 34. The molecule has 0 amide bonds. The molecule has 0 heterocycles. The summed E-state index contributed by atoms with van der Waals surface area (Å²) in [5.41, 5.74) is 0. The average Bonchev–Trinajstić information content (AvgIpc) is 2.85. The van der Waals surface area contributed by atoms with E-state index in [2.05, 4.69) is 0 Å². The van der Waals surface area contributed by atoms with E-state index >= 15 is 0 Å². The predicted molar refractivity (Wildman–Crippen MR) is 94.3 cm³/mol. The Bertz CT molecular complexity index is 1150. The van der Waals surface area contributed by atoms with Crippen LogP contribution in [0.15, 0.2) is 0 Å². The van der Waals surface area contributed by atoms with Gasteiger partial charge in [-0.2, -0.15) is 145 Å². The fourth-order valence-corrected chi connectivity index (χ4v) is 3.06. The Hall–Kier alpha value is -1.58. The number of hydrogen-bond donors (Lipinski definition) is 0. The molecule has 0 rings (SSSR count). The zero-order valence-corrected chi connectivity index (χ0v) is 23.0. The van der Waals surface area contributed by atoms with Crippen molar-refractivity contribution in [2.45, 2.75) is 93.0 Å². The first-order chi connectivity index (χ1) is 20.8. The first-order valence-corrected chi connectivity index (χ1v) is 11.3. The molecule has 0 aromatic rings. The Labute approximate surface area is 261 Å². The number of hydrogen-bond acceptors (Lipinski definition) is 0. The zero-order chi connectivity index (χ0) is 42.0. The van der Waals surface area contributed by atoms with Crippen LogP contribution in [0.4, 0.5) is 145 Å². The molecule has 0 aliphatic carbocycles. The highest BCUT2D eigenvalue weighted by molar-refractivity contribution is 14.1. The molecule has 0 aliphatic rings. The molecule has 0 aromatic heterocycles. The minimum atomic E-state index is -10.2.